The Kier molecular flexibility index (Phi) is 4.28. The average molecular weight is 363 g/mol. The maximum absolute atomic E-state index is 13.0. The van der Waals surface area contributed by atoms with Gasteiger partial charge < -0.3 is 4.42 Å². The molecule has 3 aromatic rings. The number of H-pyrrole nitrogens is 1. The Hall–Kier alpha value is -3.14. The summed E-state index contributed by atoms with van der Waals surface area (Å²) >= 11 is 0. The first-order chi connectivity index (χ1) is 11.9. The molecule has 0 unspecified atom stereocenters. The van der Waals surface area contributed by atoms with Crippen LogP contribution in [0.1, 0.15) is 16.4 Å². The third-order valence-corrected chi connectivity index (χ3v) is 5.16. The fraction of sp³-hybridized carbons (Fsp3) is 0.0667. The summed E-state index contributed by atoms with van der Waals surface area (Å²) in [6.45, 7) is 0. The fourth-order valence-corrected chi connectivity index (χ4v) is 3.51. The van der Waals surface area contributed by atoms with Gasteiger partial charge in [-0.05, 0) is 30.3 Å². The minimum Gasteiger partial charge on any atom is -0.467 e. The number of ketones is 2. The van der Waals surface area contributed by atoms with Crippen molar-refractivity contribution in [2.45, 2.75) is 16.2 Å². The van der Waals surface area contributed by atoms with Crippen molar-refractivity contribution in [3.63, 3.8) is 0 Å². The Labute approximate surface area is 140 Å². The summed E-state index contributed by atoms with van der Waals surface area (Å²) in [4.78, 5) is 27.1. The molecule has 0 atom stereocenters. The first-order valence-corrected chi connectivity index (χ1v) is 8.38. The number of carbonyl (C=O) groups excluding carboxylic acids is 2. The van der Waals surface area contributed by atoms with Crippen LogP contribution in [0.2, 0.25) is 0 Å². The molecule has 128 valence electrons. The van der Waals surface area contributed by atoms with E-state index in [1.165, 1.54) is 6.07 Å². The molecule has 0 aliphatic heterocycles. The van der Waals surface area contributed by atoms with Crippen molar-refractivity contribution < 1.29 is 26.8 Å². The van der Waals surface area contributed by atoms with Crippen LogP contribution in [0, 0.1) is 5.82 Å². The zero-order valence-corrected chi connectivity index (χ0v) is 13.3. The number of halogens is 1. The van der Waals surface area contributed by atoms with Gasteiger partial charge in [0.2, 0.25) is 15.6 Å². The highest BCUT2D eigenvalue weighted by molar-refractivity contribution is 7.91. The number of benzene rings is 1. The molecule has 0 radical (unpaired) electrons. The van der Waals surface area contributed by atoms with E-state index >= 15 is 0 Å². The van der Waals surface area contributed by atoms with Gasteiger partial charge in [-0.15, -0.1) is 0 Å². The Bertz CT molecular complexity index is 1020. The molecule has 0 spiro atoms. The second kappa shape index (κ2) is 6.40. The molecule has 3 rings (SSSR count). The van der Waals surface area contributed by atoms with E-state index in [2.05, 4.69) is 15.2 Å². The van der Waals surface area contributed by atoms with Crippen LogP contribution < -0.4 is 0 Å². The number of nitrogens with zero attached hydrogens (tertiary/aromatic N) is 2. The monoisotopic (exact) mass is 363 g/mol. The second-order valence-corrected chi connectivity index (χ2v) is 6.85. The average Bonchev–Trinajstić information content (AvgIpc) is 3.26. The number of rotatable bonds is 6. The largest absolute Gasteiger partial charge is 0.467 e. The predicted molar refractivity (Wildman–Crippen MR) is 80.0 cm³/mol. The van der Waals surface area contributed by atoms with Gasteiger partial charge in [-0.3, -0.25) is 14.7 Å². The third kappa shape index (κ3) is 3.24. The molecule has 1 aromatic carbocycles. The van der Waals surface area contributed by atoms with E-state index in [0.717, 1.165) is 36.9 Å². The van der Waals surface area contributed by atoms with Crippen LogP contribution in [-0.2, 0) is 21.1 Å². The molecule has 10 heteroatoms. The van der Waals surface area contributed by atoms with Gasteiger partial charge in [0.15, 0.2) is 5.82 Å². The number of hydrogen-bond acceptors (Lipinski definition) is 7. The zero-order valence-electron chi connectivity index (χ0n) is 12.5. The number of aromatic nitrogens is 3. The summed E-state index contributed by atoms with van der Waals surface area (Å²) in [6, 6.07) is 5.38. The zero-order chi connectivity index (χ0) is 18.0. The maximum atomic E-state index is 13.0. The van der Waals surface area contributed by atoms with Crippen molar-refractivity contribution >= 4 is 21.4 Å². The second-order valence-electron chi connectivity index (χ2n) is 4.93. The van der Waals surface area contributed by atoms with Crippen LogP contribution >= 0.6 is 0 Å². The van der Waals surface area contributed by atoms with Crippen LogP contribution in [0.15, 0.2) is 57.1 Å². The minimum atomic E-state index is -4.03. The molecule has 0 amide bonds. The molecule has 0 saturated heterocycles. The lowest BCUT2D eigenvalue weighted by Gasteiger charge is -2.04. The van der Waals surface area contributed by atoms with Crippen LogP contribution in [0.25, 0.3) is 0 Å². The van der Waals surface area contributed by atoms with E-state index in [4.69, 9.17) is 4.42 Å². The van der Waals surface area contributed by atoms with Crippen LogP contribution in [0.4, 0.5) is 4.39 Å². The summed E-state index contributed by atoms with van der Waals surface area (Å²) < 4.78 is 43.2. The van der Waals surface area contributed by atoms with E-state index in [0.29, 0.717) is 0 Å². The van der Waals surface area contributed by atoms with Gasteiger partial charge in [0.1, 0.15) is 22.8 Å². The lowest BCUT2D eigenvalue weighted by molar-refractivity contribution is -0.114. The van der Waals surface area contributed by atoms with Gasteiger partial charge in [0.25, 0.3) is 5.78 Å². The van der Waals surface area contributed by atoms with E-state index in [1.54, 1.807) is 0 Å². The molecule has 0 fully saturated rings. The summed E-state index contributed by atoms with van der Waals surface area (Å²) in [5.41, 5.74) is 0. The Morgan fingerprint density at radius 1 is 1.16 bits per heavy atom. The van der Waals surface area contributed by atoms with Gasteiger partial charge in [0, 0.05) is 0 Å². The first-order valence-electron chi connectivity index (χ1n) is 6.89. The van der Waals surface area contributed by atoms with Gasteiger partial charge in [-0.25, -0.2) is 17.8 Å². The fourth-order valence-electron chi connectivity index (χ4n) is 2.11. The van der Waals surface area contributed by atoms with Crippen molar-refractivity contribution in [3.8, 4) is 0 Å². The van der Waals surface area contributed by atoms with Crippen molar-refractivity contribution in [2.24, 2.45) is 0 Å². The number of Topliss-reactive ketones (excluding diaryl/α,β-unsaturated/α-hetero) is 2. The summed E-state index contributed by atoms with van der Waals surface area (Å²) in [5, 5.41) is 5.72. The molecule has 8 nitrogen and oxygen atoms in total. The quantitative estimate of drug-likeness (QED) is 0.398. The third-order valence-electron chi connectivity index (χ3n) is 3.32. The Morgan fingerprint density at radius 3 is 2.52 bits per heavy atom. The minimum absolute atomic E-state index is 0.162. The van der Waals surface area contributed by atoms with E-state index in [-0.39, 0.29) is 21.4 Å². The van der Waals surface area contributed by atoms with Crippen molar-refractivity contribution in [1.82, 2.24) is 15.2 Å². The molecule has 0 bridgehead atoms. The van der Waals surface area contributed by atoms with Crippen molar-refractivity contribution in [2.75, 3.05) is 0 Å². The number of aromatic amines is 1. The number of hydrogen-bond donors (Lipinski definition) is 1. The highest BCUT2D eigenvalue weighted by Crippen LogP contribution is 2.26. The van der Waals surface area contributed by atoms with Crippen LogP contribution in [0.3, 0.4) is 0 Å². The normalized spacial score (nSPS) is 11.4. The Morgan fingerprint density at radius 2 is 1.88 bits per heavy atom. The lowest BCUT2D eigenvalue weighted by atomic mass is 10.1. The predicted octanol–water partition coefficient (Wildman–Crippen LogP) is 1.36. The lowest BCUT2D eigenvalue weighted by Crippen LogP contribution is -2.19. The van der Waals surface area contributed by atoms with Crippen molar-refractivity contribution in [3.05, 3.63) is 60.3 Å². The molecule has 1 N–H and O–H groups in total. The molecule has 2 heterocycles. The van der Waals surface area contributed by atoms with E-state index < -0.39 is 33.6 Å². The summed E-state index contributed by atoms with van der Waals surface area (Å²) in [5.74, 6) is -2.89. The standard InChI is InChI=1S/C15H10FN3O5S/c16-9-1-3-10(4-2-9)25(22,23)13-5-6-24-12(13)7-11(20)14(21)15-17-8-18-19-15/h1-6,8H,7H2,(H,17,18,19). The summed E-state index contributed by atoms with van der Waals surface area (Å²) in [6.07, 6.45) is 1.60. The molecule has 0 aliphatic carbocycles. The number of nitrogens with one attached hydrogen (secondary N) is 1. The smallest absolute Gasteiger partial charge is 0.265 e. The highest BCUT2D eigenvalue weighted by Gasteiger charge is 2.28. The van der Waals surface area contributed by atoms with Gasteiger partial charge in [-0.1, -0.05) is 0 Å². The molecular weight excluding hydrogens is 353 g/mol. The van der Waals surface area contributed by atoms with Gasteiger partial charge >= 0.3 is 0 Å². The maximum Gasteiger partial charge on any atom is 0.265 e. The van der Waals surface area contributed by atoms with Crippen LogP contribution in [-0.4, -0.2) is 35.2 Å². The highest BCUT2D eigenvalue weighted by atomic mass is 32.2. The number of carbonyl (C=O) groups is 2. The molecule has 0 aliphatic rings. The molecule has 0 saturated carbocycles. The Balaban J connectivity index is 1.89. The van der Waals surface area contributed by atoms with Crippen LogP contribution in [0.5, 0.6) is 0 Å². The SMILES string of the molecule is O=C(Cc1occc1S(=O)(=O)c1ccc(F)cc1)C(=O)c1ncn[nH]1. The molecule has 25 heavy (non-hydrogen) atoms. The molecular formula is C15H10FN3O5S. The molecule has 2 aromatic heterocycles. The van der Waals surface area contributed by atoms with Gasteiger partial charge in [-0.2, -0.15) is 5.10 Å². The van der Waals surface area contributed by atoms with E-state index in [9.17, 15) is 22.4 Å². The van der Waals surface area contributed by atoms with Gasteiger partial charge in [0.05, 0.1) is 17.6 Å². The number of furan rings is 1. The van der Waals surface area contributed by atoms with Crippen molar-refractivity contribution in [1.29, 1.82) is 0 Å². The first kappa shape index (κ1) is 16.7. The topological polar surface area (TPSA) is 123 Å². The number of sulfone groups is 1. The van der Waals surface area contributed by atoms with E-state index in [1.807, 2.05) is 0 Å². The summed E-state index contributed by atoms with van der Waals surface area (Å²) in [7, 11) is -4.03.